The predicted molar refractivity (Wildman–Crippen MR) is 73.3 cm³/mol. The highest BCUT2D eigenvalue weighted by Gasteiger charge is 2.09. The molecular formula is C14H17N3O. The van der Waals surface area contributed by atoms with E-state index in [1.807, 2.05) is 37.3 Å². The van der Waals surface area contributed by atoms with Crippen LogP contribution < -0.4 is 11.1 Å². The third kappa shape index (κ3) is 2.84. The van der Waals surface area contributed by atoms with Crippen molar-refractivity contribution in [3.8, 4) is 0 Å². The molecule has 1 aromatic carbocycles. The first kappa shape index (κ1) is 12.5. The van der Waals surface area contributed by atoms with Gasteiger partial charge in [-0.15, -0.1) is 0 Å². The summed E-state index contributed by atoms with van der Waals surface area (Å²) in [4.78, 5) is 16.1. The molecule has 2 rings (SSSR count). The van der Waals surface area contributed by atoms with Gasteiger partial charge in [0.05, 0.1) is 11.2 Å². The number of rotatable bonds is 4. The van der Waals surface area contributed by atoms with Crippen LogP contribution in [0.2, 0.25) is 0 Å². The number of nitrogens with two attached hydrogens (primary N) is 1. The van der Waals surface area contributed by atoms with E-state index in [1.165, 1.54) is 0 Å². The van der Waals surface area contributed by atoms with Gasteiger partial charge in [0.1, 0.15) is 0 Å². The fraction of sp³-hybridized carbons (Fsp3) is 0.286. The van der Waals surface area contributed by atoms with Crippen LogP contribution in [0.5, 0.6) is 0 Å². The zero-order chi connectivity index (χ0) is 13.0. The summed E-state index contributed by atoms with van der Waals surface area (Å²) < 4.78 is 0. The van der Waals surface area contributed by atoms with E-state index in [9.17, 15) is 4.79 Å². The molecule has 1 unspecified atom stereocenters. The van der Waals surface area contributed by atoms with Crippen molar-refractivity contribution in [3.63, 3.8) is 0 Å². The number of hydrogen-bond acceptors (Lipinski definition) is 3. The van der Waals surface area contributed by atoms with E-state index in [2.05, 4.69) is 10.3 Å². The summed E-state index contributed by atoms with van der Waals surface area (Å²) in [7, 11) is 0. The lowest BCUT2D eigenvalue weighted by Crippen LogP contribution is -2.26. The summed E-state index contributed by atoms with van der Waals surface area (Å²) in [5.41, 5.74) is 7.31. The third-order valence-corrected chi connectivity index (χ3v) is 2.88. The van der Waals surface area contributed by atoms with Crippen LogP contribution in [0.15, 0.2) is 36.5 Å². The molecule has 0 saturated heterocycles. The van der Waals surface area contributed by atoms with Crippen LogP contribution in [0.3, 0.4) is 0 Å². The summed E-state index contributed by atoms with van der Waals surface area (Å²) in [6, 6.07) is 9.48. The SMILES string of the molecule is CCC(N)CC(=O)Nc1cccc2cccnc12. The van der Waals surface area contributed by atoms with Gasteiger partial charge in [-0.2, -0.15) is 0 Å². The molecule has 18 heavy (non-hydrogen) atoms. The smallest absolute Gasteiger partial charge is 0.225 e. The molecule has 0 aliphatic rings. The maximum Gasteiger partial charge on any atom is 0.225 e. The lowest BCUT2D eigenvalue weighted by atomic mass is 10.1. The molecule has 0 aliphatic heterocycles. The fourth-order valence-corrected chi connectivity index (χ4v) is 1.79. The van der Waals surface area contributed by atoms with Crippen molar-refractivity contribution in [2.75, 3.05) is 5.32 Å². The van der Waals surface area contributed by atoms with Crippen molar-refractivity contribution in [1.82, 2.24) is 4.98 Å². The fourth-order valence-electron chi connectivity index (χ4n) is 1.79. The first-order chi connectivity index (χ1) is 8.70. The maximum absolute atomic E-state index is 11.8. The van der Waals surface area contributed by atoms with Gasteiger partial charge >= 0.3 is 0 Å². The van der Waals surface area contributed by atoms with Gasteiger partial charge in [-0.25, -0.2) is 0 Å². The topological polar surface area (TPSA) is 68.0 Å². The van der Waals surface area contributed by atoms with Gasteiger partial charge in [-0.3, -0.25) is 9.78 Å². The molecule has 0 aliphatic carbocycles. The number of carbonyl (C=O) groups is 1. The van der Waals surface area contributed by atoms with E-state index in [0.29, 0.717) is 6.42 Å². The lowest BCUT2D eigenvalue weighted by molar-refractivity contribution is -0.116. The Morgan fingerprint density at radius 3 is 2.94 bits per heavy atom. The van der Waals surface area contributed by atoms with E-state index in [1.54, 1.807) is 6.20 Å². The van der Waals surface area contributed by atoms with Crippen LogP contribution in [-0.4, -0.2) is 16.9 Å². The Hall–Kier alpha value is -1.94. The molecule has 1 heterocycles. The second-order valence-corrected chi connectivity index (χ2v) is 4.30. The highest BCUT2D eigenvalue weighted by atomic mass is 16.1. The standard InChI is InChI=1S/C14H17N3O/c1-2-11(15)9-13(18)17-12-7-3-5-10-6-4-8-16-14(10)12/h3-8,11H,2,9,15H2,1H3,(H,17,18). The molecule has 1 atom stereocenters. The number of nitrogens with one attached hydrogen (secondary N) is 1. The van der Waals surface area contributed by atoms with Gasteiger partial charge < -0.3 is 11.1 Å². The zero-order valence-corrected chi connectivity index (χ0v) is 10.4. The molecule has 0 spiro atoms. The van der Waals surface area contributed by atoms with Crippen molar-refractivity contribution in [2.24, 2.45) is 5.73 Å². The second-order valence-electron chi connectivity index (χ2n) is 4.30. The van der Waals surface area contributed by atoms with Crippen molar-refractivity contribution in [1.29, 1.82) is 0 Å². The maximum atomic E-state index is 11.8. The van der Waals surface area contributed by atoms with Gasteiger partial charge in [0, 0.05) is 24.0 Å². The van der Waals surface area contributed by atoms with Crippen LogP contribution in [0.4, 0.5) is 5.69 Å². The average molecular weight is 243 g/mol. The number of carbonyl (C=O) groups excluding carboxylic acids is 1. The first-order valence-electron chi connectivity index (χ1n) is 6.10. The summed E-state index contributed by atoms with van der Waals surface area (Å²) in [6.07, 6.45) is 2.84. The van der Waals surface area contributed by atoms with Crippen molar-refractivity contribution in [3.05, 3.63) is 36.5 Å². The van der Waals surface area contributed by atoms with E-state index < -0.39 is 0 Å². The Balaban J connectivity index is 2.19. The van der Waals surface area contributed by atoms with Crippen LogP contribution in [0.1, 0.15) is 19.8 Å². The first-order valence-corrected chi connectivity index (χ1v) is 6.10. The minimum absolute atomic E-state index is 0.0671. The number of amides is 1. The molecule has 1 amide bonds. The van der Waals surface area contributed by atoms with E-state index in [-0.39, 0.29) is 11.9 Å². The molecule has 2 aromatic rings. The summed E-state index contributed by atoms with van der Waals surface area (Å²) in [5, 5.41) is 3.88. The van der Waals surface area contributed by atoms with Crippen molar-refractivity contribution in [2.45, 2.75) is 25.8 Å². The number of fused-ring (bicyclic) bond motifs is 1. The molecule has 0 saturated carbocycles. The highest BCUT2D eigenvalue weighted by Crippen LogP contribution is 2.20. The summed E-state index contributed by atoms with van der Waals surface area (Å²) in [6.45, 7) is 1.97. The van der Waals surface area contributed by atoms with Gasteiger partial charge in [0.25, 0.3) is 0 Å². The molecule has 0 bridgehead atoms. The number of para-hydroxylation sites is 1. The van der Waals surface area contributed by atoms with Crippen LogP contribution in [-0.2, 0) is 4.79 Å². The van der Waals surface area contributed by atoms with Crippen LogP contribution in [0.25, 0.3) is 10.9 Å². The summed E-state index contributed by atoms with van der Waals surface area (Å²) in [5.74, 6) is -0.0671. The number of pyridine rings is 1. The van der Waals surface area contributed by atoms with Crippen LogP contribution >= 0.6 is 0 Å². The predicted octanol–water partition coefficient (Wildman–Crippen LogP) is 2.30. The van der Waals surface area contributed by atoms with Gasteiger partial charge in [0.15, 0.2) is 0 Å². The van der Waals surface area contributed by atoms with E-state index in [0.717, 1.165) is 23.0 Å². The van der Waals surface area contributed by atoms with Crippen LogP contribution in [0, 0.1) is 0 Å². The average Bonchev–Trinajstić information content (AvgIpc) is 2.39. The molecule has 4 heteroatoms. The molecular weight excluding hydrogens is 226 g/mol. The largest absolute Gasteiger partial charge is 0.327 e. The van der Waals surface area contributed by atoms with E-state index in [4.69, 9.17) is 5.73 Å². The third-order valence-electron chi connectivity index (χ3n) is 2.88. The summed E-state index contributed by atoms with van der Waals surface area (Å²) >= 11 is 0. The Morgan fingerprint density at radius 1 is 1.39 bits per heavy atom. The number of hydrogen-bond donors (Lipinski definition) is 2. The lowest BCUT2D eigenvalue weighted by Gasteiger charge is -2.10. The number of aromatic nitrogens is 1. The van der Waals surface area contributed by atoms with Crippen molar-refractivity contribution >= 4 is 22.5 Å². The quantitative estimate of drug-likeness (QED) is 0.865. The number of nitrogens with zero attached hydrogens (tertiary/aromatic N) is 1. The van der Waals surface area contributed by atoms with Gasteiger partial charge in [0.2, 0.25) is 5.91 Å². The van der Waals surface area contributed by atoms with E-state index >= 15 is 0 Å². The molecule has 1 aromatic heterocycles. The highest BCUT2D eigenvalue weighted by molar-refractivity contribution is 6.00. The zero-order valence-electron chi connectivity index (χ0n) is 10.4. The van der Waals surface area contributed by atoms with Gasteiger partial charge in [-0.05, 0) is 18.6 Å². The number of benzene rings is 1. The normalized spacial score (nSPS) is 12.3. The number of anilines is 1. The Morgan fingerprint density at radius 2 is 2.17 bits per heavy atom. The molecule has 0 radical (unpaired) electrons. The molecule has 0 fully saturated rings. The van der Waals surface area contributed by atoms with Crippen molar-refractivity contribution < 1.29 is 4.79 Å². The minimum Gasteiger partial charge on any atom is -0.327 e. The second kappa shape index (κ2) is 5.60. The molecule has 94 valence electrons. The Bertz CT molecular complexity index is 548. The van der Waals surface area contributed by atoms with Gasteiger partial charge in [-0.1, -0.05) is 25.1 Å². The Labute approximate surface area is 106 Å². The minimum atomic E-state index is -0.0899. The molecule has 4 nitrogen and oxygen atoms in total. The molecule has 3 N–H and O–H groups in total. The Kier molecular flexibility index (Phi) is 3.89. The monoisotopic (exact) mass is 243 g/mol.